The molecule has 0 amide bonds. The first-order chi connectivity index (χ1) is 12.3. The summed E-state index contributed by atoms with van der Waals surface area (Å²) < 4.78 is 5.78. The first-order valence-corrected chi connectivity index (χ1v) is 9.36. The number of anilines is 1. The van der Waals surface area contributed by atoms with Crippen LogP contribution in [0.1, 0.15) is 18.4 Å². The van der Waals surface area contributed by atoms with Gasteiger partial charge in [0.05, 0.1) is 13.2 Å². The smallest absolute Gasteiger partial charge is 0.244 e. The Morgan fingerprint density at radius 3 is 2.68 bits per heavy atom. The summed E-state index contributed by atoms with van der Waals surface area (Å²) in [5, 5.41) is 7.79. The molecule has 6 nitrogen and oxygen atoms in total. The van der Waals surface area contributed by atoms with Gasteiger partial charge in [-0.25, -0.2) is 4.98 Å². The van der Waals surface area contributed by atoms with E-state index in [2.05, 4.69) is 37.1 Å². The van der Waals surface area contributed by atoms with Gasteiger partial charge in [0, 0.05) is 36.7 Å². The molecule has 0 radical (unpaired) electrons. The fourth-order valence-electron chi connectivity index (χ4n) is 3.97. The highest BCUT2D eigenvalue weighted by Crippen LogP contribution is 2.24. The van der Waals surface area contributed by atoms with Gasteiger partial charge in [-0.2, -0.15) is 0 Å². The number of aromatic nitrogens is 3. The molecule has 0 aliphatic carbocycles. The van der Waals surface area contributed by atoms with E-state index in [1.54, 1.807) is 6.33 Å². The molecule has 0 spiro atoms. The highest BCUT2D eigenvalue weighted by Gasteiger charge is 2.32. The summed E-state index contributed by atoms with van der Waals surface area (Å²) in [4.78, 5) is 9.20. The Morgan fingerprint density at radius 1 is 1.16 bits per heavy atom. The Morgan fingerprint density at radius 2 is 1.96 bits per heavy atom. The summed E-state index contributed by atoms with van der Waals surface area (Å²) in [6.07, 6.45) is 4.95. The van der Waals surface area contributed by atoms with Crippen LogP contribution >= 0.6 is 11.6 Å². The number of ether oxygens (including phenoxy) is 1. The average molecular weight is 362 g/mol. The number of halogens is 1. The average Bonchev–Trinajstić information content (AvgIpc) is 3.19. The lowest BCUT2D eigenvalue weighted by Crippen LogP contribution is -2.54. The van der Waals surface area contributed by atoms with Gasteiger partial charge in [-0.3, -0.25) is 10.00 Å². The number of hydrogen-bond acceptors (Lipinski definition) is 5. The second-order valence-electron chi connectivity index (χ2n) is 6.81. The maximum atomic E-state index is 6.01. The lowest BCUT2D eigenvalue weighted by atomic mass is 9.97. The number of aromatic amines is 1. The van der Waals surface area contributed by atoms with E-state index < -0.39 is 0 Å². The molecular weight excluding hydrogens is 338 g/mol. The minimum Gasteiger partial charge on any atom is -0.378 e. The van der Waals surface area contributed by atoms with E-state index in [9.17, 15) is 0 Å². The summed E-state index contributed by atoms with van der Waals surface area (Å²) in [5.74, 6) is 0.818. The van der Waals surface area contributed by atoms with Crippen molar-refractivity contribution in [2.45, 2.75) is 31.3 Å². The normalized spacial score (nSPS) is 23.1. The Hall–Kier alpha value is -1.63. The lowest BCUT2D eigenvalue weighted by molar-refractivity contribution is -0.0331. The third kappa shape index (κ3) is 3.97. The molecule has 3 heterocycles. The van der Waals surface area contributed by atoms with Crippen LogP contribution in [0.3, 0.4) is 0 Å². The molecule has 1 atom stereocenters. The summed E-state index contributed by atoms with van der Waals surface area (Å²) in [6.45, 7) is 4.67. The van der Waals surface area contributed by atoms with E-state index in [1.165, 1.54) is 5.56 Å². The van der Waals surface area contributed by atoms with Gasteiger partial charge in [0.1, 0.15) is 6.33 Å². The van der Waals surface area contributed by atoms with Gasteiger partial charge in [0.25, 0.3) is 0 Å². The molecule has 2 aromatic rings. The van der Waals surface area contributed by atoms with Gasteiger partial charge in [-0.15, -0.1) is 5.10 Å². The van der Waals surface area contributed by atoms with Crippen LogP contribution in [-0.2, 0) is 11.2 Å². The van der Waals surface area contributed by atoms with Crippen molar-refractivity contribution >= 4 is 17.5 Å². The van der Waals surface area contributed by atoms with Crippen LogP contribution in [0.4, 0.5) is 5.95 Å². The fraction of sp³-hybridized carbons (Fsp3) is 0.556. The zero-order valence-electron chi connectivity index (χ0n) is 14.3. The summed E-state index contributed by atoms with van der Waals surface area (Å²) >= 11 is 6.01. The van der Waals surface area contributed by atoms with Crippen molar-refractivity contribution in [2.75, 3.05) is 37.7 Å². The molecule has 1 N–H and O–H groups in total. The zero-order chi connectivity index (χ0) is 17.1. The number of benzene rings is 1. The fourth-order valence-corrected chi connectivity index (χ4v) is 4.10. The van der Waals surface area contributed by atoms with E-state index in [4.69, 9.17) is 16.3 Å². The number of nitrogens with zero attached hydrogens (tertiary/aromatic N) is 4. The van der Waals surface area contributed by atoms with Crippen LogP contribution < -0.4 is 4.90 Å². The second kappa shape index (κ2) is 7.72. The predicted octanol–water partition coefficient (Wildman–Crippen LogP) is 2.37. The van der Waals surface area contributed by atoms with Crippen molar-refractivity contribution in [3.63, 3.8) is 0 Å². The van der Waals surface area contributed by atoms with Gasteiger partial charge >= 0.3 is 0 Å². The zero-order valence-corrected chi connectivity index (χ0v) is 15.0. The van der Waals surface area contributed by atoms with Crippen molar-refractivity contribution in [3.05, 3.63) is 41.2 Å². The predicted molar refractivity (Wildman–Crippen MR) is 98.1 cm³/mol. The van der Waals surface area contributed by atoms with E-state index in [0.29, 0.717) is 12.1 Å². The molecule has 2 fully saturated rings. The molecular formula is C18H24ClN5O. The summed E-state index contributed by atoms with van der Waals surface area (Å²) in [5.41, 5.74) is 1.32. The molecule has 1 aromatic carbocycles. The summed E-state index contributed by atoms with van der Waals surface area (Å²) in [6, 6.07) is 9.24. The molecule has 2 aliphatic heterocycles. The second-order valence-corrected chi connectivity index (χ2v) is 7.25. The third-order valence-corrected chi connectivity index (χ3v) is 5.53. The van der Waals surface area contributed by atoms with Crippen LogP contribution in [0.5, 0.6) is 0 Å². The highest BCUT2D eigenvalue weighted by molar-refractivity contribution is 6.30. The van der Waals surface area contributed by atoms with Gasteiger partial charge in [0.15, 0.2) is 0 Å². The van der Waals surface area contributed by atoms with Crippen LogP contribution in [0, 0.1) is 0 Å². The van der Waals surface area contributed by atoms with Crippen molar-refractivity contribution in [2.24, 2.45) is 0 Å². The maximum absolute atomic E-state index is 6.01. The van der Waals surface area contributed by atoms with Crippen LogP contribution in [0.2, 0.25) is 5.02 Å². The Labute approximate surface area is 153 Å². The Kier molecular flexibility index (Phi) is 5.20. The van der Waals surface area contributed by atoms with Crippen molar-refractivity contribution in [1.29, 1.82) is 0 Å². The Balaban J connectivity index is 1.38. The van der Waals surface area contributed by atoms with Crippen molar-refractivity contribution in [1.82, 2.24) is 20.1 Å². The number of nitrogens with one attached hydrogen (secondary N) is 1. The highest BCUT2D eigenvalue weighted by atomic mass is 35.5. The number of H-pyrrole nitrogens is 1. The van der Waals surface area contributed by atoms with Crippen LogP contribution in [-0.4, -0.2) is 65.0 Å². The van der Waals surface area contributed by atoms with Gasteiger partial charge in [-0.1, -0.05) is 23.7 Å². The molecule has 134 valence electrons. The summed E-state index contributed by atoms with van der Waals surface area (Å²) in [7, 11) is 0. The number of hydrogen-bond donors (Lipinski definition) is 1. The monoisotopic (exact) mass is 361 g/mol. The maximum Gasteiger partial charge on any atom is 0.244 e. The minimum atomic E-state index is 0.440. The topological polar surface area (TPSA) is 57.3 Å². The molecule has 0 unspecified atom stereocenters. The minimum absolute atomic E-state index is 0.440. The van der Waals surface area contributed by atoms with E-state index in [-0.39, 0.29) is 0 Å². The Bertz CT molecular complexity index is 655. The number of morpholine rings is 1. The standard InChI is InChI=1S/C18H24ClN5O/c19-15-3-1-14(2-4-15)11-17-12-25-10-9-24(17)16-5-7-23(8-6-16)18-20-13-21-22-18/h1-4,13,16-17H,5-12H2,(H,20,21,22)/t17-/m0/s1. The van der Waals surface area contributed by atoms with Crippen LogP contribution in [0.25, 0.3) is 0 Å². The number of piperidine rings is 1. The lowest BCUT2D eigenvalue weighted by Gasteiger charge is -2.44. The van der Waals surface area contributed by atoms with E-state index >= 15 is 0 Å². The van der Waals surface area contributed by atoms with Gasteiger partial charge in [0.2, 0.25) is 5.95 Å². The molecule has 4 rings (SSSR count). The molecule has 2 saturated heterocycles. The largest absolute Gasteiger partial charge is 0.378 e. The molecule has 0 saturated carbocycles. The quantitative estimate of drug-likeness (QED) is 0.906. The van der Waals surface area contributed by atoms with E-state index in [1.807, 2.05) is 12.1 Å². The third-order valence-electron chi connectivity index (χ3n) is 5.28. The van der Waals surface area contributed by atoms with Gasteiger partial charge < -0.3 is 9.64 Å². The molecule has 25 heavy (non-hydrogen) atoms. The number of rotatable bonds is 4. The van der Waals surface area contributed by atoms with Crippen molar-refractivity contribution < 1.29 is 4.74 Å². The molecule has 0 bridgehead atoms. The first kappa shape index (κ1) is 16.8. The SMILES string of the molecule is Clc1ccc(C[C@H]2COCCN2C2CCN(c3nc[nH]n3)CC2)cc1. The molecule has 2 aliphatic rings. The van der Waals surface area contributed by atoms with Crippen LogP contribution in [0.15, 0.2) is 30.6 Å². The first-order valence-electron chi connectivity index (χ1n) is 8.98. The van der Waals surface area contributed by atoms with Gasteiger partial charge in [-0.05, 0) is 37.0 Å². The molecule has 1 aromatic heterocycles. The van der Waals surface area contributed by atoms with E-state index in [0.717, 1.165) is 63.1 Å². The van der Waals surface area contributed by atoms with Crippen molar-refractivity contribution in [3.8, 4) is 0 Å². The molecule has 7 heteroatoms.